The Morgan fingerprint density at radius 2 is 2.12 bits per heavy atom. The van der Waals surface area contributed by atoms with Crippen molar-refractivity contribution in [1.29, 1.82) is 0 Å². The molecule has 5 nitrogen and oxygen atoms in total. The third-order valence-corrected chi connectivity index (χ3v) is 6.08. The average molecular weight is 389 g/mol. The second-order valence-corrected chi connectivity index (χ2v) is 7.78. The molecule has 4 rings (SSSR count). The fraction of sp³-hybridized carbons (Fsp3) is 0.316. The highest BCUT2D eigenvalue weighted by atomic mass is 32.1. The molecule has 0 amide bonds. The molecule has 0 bridgehead atoms. The van der Waals surface area contributed by atoms with Crippen molar-refractivity contribution in [3.8, 4) is 17.2 Å². The highest BCUT2D eigenvalue weighted by molar-refractivity contribution is 7.09. The smallest absolute Gasteiger partial charge is 0.231 e. The van der Waals surface area contributed by atoms with Crippen molar-refractivity contribution in [3.63, 3.8) is 0 Å². The summed E-state index contributed by atoms with van der Waals surface area (Å²) in [6.07, 6.45) is 0.906. The second-order valence-electron chi connectivity index (χ2n) is 6.11. The molecule has 136 valence electrons. The van der Waals surface area contributed by atoms with Crippen LogP contribution in [0.5, 0.6) is 17.2 Å². The molecule has 1 aliphatic rings. The molecular weight excluding hydrogens is 368 g/mol. The van der Waals surface area contributed by atoms with E-state index in [0.29, 0.717) is 6.54 Å². The first-order valence-electron chi connectivity index (χ1n) is 8.36. The number of hydrogen-bond donors (Lipinski definition) is 1. The van der Waals surface area contributed by atoms with Crippen LogP contribution in [-0.2, 0) is 13.0 Å². The van der Waals surface area contributed by atoms with Crippen molar-refractivity contribution >= 4 is 22.7 Å². The lowest BCUT2D eigenvalue weighted by Gasteiger charge is -2.18. The van der Waals surface area contributed by atoms with Crippen LogP contribution in [0.1, 0.15) is 27.9 Å². The number of nitrogens with one attached hydrogen (secondary N) is 1. The monoisotopic (exact) mass is 388 g/mol. The zero-order valence-electron chi connectivity index (χ0n) is 14.7. The summed E-state index contributed by atoms with van der Waals surface area (Å²) in [5.74, 6) is 2.30. The quantitative estimate of drug-likeness (QED) is 0.653. The van der Waals surface area contributed by atoms with Gasteiger partial charge in [0, 0.05) is 29.2 Å². The maximum Gasteiger partial charge on any atom is 0.231 e. The van der Waals surface area contributed by atoms with E-state index in [2.05, 4.69) is 32.5 Å². The molecule has 0 aliphatic carbocycles. The van der Waals surface area contributed by atoms with Crippen LogP contribution < -0.4 is 19.5 Å². The summed E-state index contributed by atoms with van der Waals surface area (Å²) in [5, 5.41) is 11.1. The van der Waals surface area contributed by atoms with E-state index in [9.17, 15) is 0 Å². The lowest BCUT2D eigenvalue weighted by atomic mass is 10.1. The Kier molecular flexibility index (Phi) is 5.10. The van der Waals surface area contributed by atoms with E-state index < -0.39 is 0 Å². The first-order valence-corrected chi connectivity index (χ1v) is 10.2. The van der Waals surface area contributed by atoms with Crippen molar-refractivity contribution in [2.45, 2.75) is 25.9 Å². The Labute approximate surface area is 160 Å². The number of benzene rings is 1. The van der Waals surface area contributed by atoms with Crippen LogP contribution in [0, 0.1) is 6.92 Å². The van der Waals surface area contributed by atoms with E-state index in [-0.39, 0.29) is 12.8 Å². The van der Waals surface area contributed by atoms with Gasteiger partial charge in [0.2, 0.25) is 6.79 Å². The van der Waals surface area contributed by atoms with Gasteiger partial charge in [-0.2, -0.15) is 11.3 Å². The molecule has 3 heterocycles. The van der Waals surface area contributed by atoms with E-state index in [0.717, 1.165) is 39.9 Å². The van der Waals surface area contributed by atoms with Crippen LogP contribution in [0.3, 0.4) is 0 Å². The van der Waals surface area contributed by atoms with Gasteiger partial charge in [0.15, 0.2) is 11.5 Å². The number of nitrogens with zero attached hydrogens (tertiary/aromatic N) is 1. The molecule has 3 aromatic rings. The molecule has 0 fully saturated rings. The Hall–Kier alpha value is -2.09. The fourth-order valence-electron chi connectivity index (χ4n) is 2.95. The van der Waals surface area contributed by atoms with Gasteiger partial charge in [-0.25, -0.2) is 4.98 Å². The predicted octanol–water partition coefficient (Wildman–Crippen LogP) is 4.32. The molecule has 0 radical (unpaired) electrons. The summed E-state index contributed by atoms with van der Waals surface area (Å²) in [4.78, 5) is 4.69. The van der Waals surface area contributed by atoms with Crippen molar-refractivity contribution < 1.29 is 14.2 Å². The molecule has 1 aliphatic heterocycles. The largest absolute Gasteiger partial charge is 0.496 e. The van der Waals surface area contributed by atoms with Crippen molar-refractivity contribution in [2.24, 2.45) is 0 Å². The molecule has 0 spiro atoms. The van der Waals surface area contributed by atoms with Crippen molar-refractivity contribution in [2.75, 3.05) is 13.9 Å². The van der Waals surface area contributed by atoms with Crippen LogP contribution in [-0.4, -0.2) is 18.9 Å². The summed E-state index contributed by atoms with van der Waals surface area (Å²) in [5.41, 5.74) is 3.42. The highest BCUT2D eigenvalue weighted by Gasteiger charge is 2.20. The normalized spacial score (nSPS) is 13.8. The standard InChI is InChI=1S/C19H20N2O3S2/c1-12-9-26-19(21-12)15(5-13-3-4-25-10-13)20-8-14-6-17-18(24-11-23-17)7-16(14)22-2/h3-4,6-7,9-10,15,20H,5,8,11H2,1-2H3. The summed E-state index contributed by atoms with van der Waals surface area (Å²) >= 11 is 3.42. The maximum absolute atomic E-state index is 5.53. The molecule has 1 atom stereocenters. The van der Waals surface area contributed by atoms with E-state index in [4.69, 9.17) is 14.2 Å². The number of thiazole rings is 1. The zero-order valence-corrected chi connectivity index (χ0v) is 16.3. The minimum Gasteiger partial charge on any atom is -0.496 e. The maximum atomic E-state index is 5.53. The summed E-state index contributed by atoms with van der Waals surface area (Å²) < 4.78 is 16.5. The third kappa shape index (κ3) is 3.70. The van der Waals surface area contributed by atoms with E-state index in [1.165, 1.54) is 5.56 Å². The van der Waals surface area contributed by atoms with E-state index >= 15 is 0 Å². The molecule has 0 saturated heterocycles. The number of aryl methyl sites for hydroxylation is 1. The number of rotatable bonds is 7. The fourth-order valence-corrected chi connectivity index (χ4v) is 4.50. The SMILES string of the molecule is COc1cc2c(cc1CNC(Cc1ccsc1)c1nc(C)cs1)OCO2. The molecule has 26 heavy (non-hydrogen) atoms. The molecule has 1 N–H and O–H groups in total. The van der Waals surface area contributed by atoms with Gasteiger partial charge in [0.05, 0.1) is 13.2 Å². The number of hydrogen-bond acceptors (Lipinski definition) is 7. The number of methoxy groups -OCH3 is 1. The first-order chi connectivity index (χ1) is 12.7. The predicted molar refractivity (Wildman–Crippen MR) is 104 cm³/mol. The van der Waals surface area contributed by atoms with Gasteiger partial charge in [-0.15, -0.1) is 11.3 Å². The second kappa shape index (κ2) is 7.65. The topological polar surface area (TPSA) is 52.6 Å². The lowest BCUT2D eigenvalue weighted by Crippen LogP contribution is -2.23. The van der Waals surface area contributed by atoms with E-state index in [1.807, 2.05) is 19.1 Å². The molecule has 0 saturated carbocycles. The minimum absolute atomic E-state index is 0.151. The molecule has 1 unspecified atom stereocenters. The van der Waals surface area contributed by atoms with Gasteiger partial charge in [-0.3, -0.25) is 0 Å². The van der Waals surface area contributed by atoms with Gasteiger partial charge in [-0.1, -0.05) is 0 Å². The number of aromatic nitrogens is 1. The molecule has 2 aromatic heterocycles. The number of fused-ring (bicyclic) bond motifs is 1. The summed E-state index contributed by atoms with van der Waals surface area (Å²) in [7, 11) is 1.67. The van der Waals surface area contributed by atoms with Crippen LogP contribution in [0.2, 0.25) is 0 Å². The van der Waals surface area contributed by atoms with Crippen LogP contribution >= 0.6 is 22.7 Å². The Bertz CT molecular complexity index is 877. The lowest BCUT2D eigenvalue weighted by molar-refractivity contribution is 0.174. The van der Waals surface area contributed by atoms with Crippen LogP contribution in [0.25, 0.3) is 0 Å². The number of thiophene rings is 1. The molecule has 7 heteroatoms. The van der Waals surface area contributed by atoms with Gasteiger partial charge in [0.1, 0.15) is 10.8 Å². The van der Waals surface area contributed by atoms with Crippen LogP contribution in [0.15, 0.2) is 34.3 Å². The number of ether oxygens (including phenoxy) is 3. The average Bonchev–Trinajstić information content (AvgIpc) is 3.39. The summed E-state index contributed by atoms with van der Waals surface area (Å²) in [6.45, 7) is 2.95. The zero-order chi connectivity index (χ0) is 17.9. The van der Waals surface area contributed by atoms with Gasteiger partial charge < -0.3 is 19.5 Å². The van der Waals surface area contributed by atoms with Crippen molar-refractivity contribution in [3.05, 3.63) is 56.2 Å². The Morgan fingerprint density at radius 3 is 2.81 bits per heavy atom. The van der Waals surface area contributed by atoms with Gasteiger partial charge in [-0.05, 0) is 41.8 Å². The Balaban J connectivity index is 1.54. The van der Waals surface area contributed by atoms with Crippen molar-refractivity contribution in [1.82, 2.24) is 10.3 Å². The highest BCUT2D eigenvalue weighted by Crippen LogP contribution is 2.38. The minimum atomic E-state index is 0.151. The molecular formula is C19H20N2O3S2. The molecule has 1 aromatic carbocycles. The van der Waals surface area contributed by atoms with Gasteiger partial charge in [0.25, 0.3) is 0 Å². The Morgan fingerprint density at radius 1 is 1.27 bits per heavy atom. The summed E-state index contributed by atoms with van der Waals surface area (Å²) in [6, 6.07) is 6.20. The van der Waals surface area contributed by atoms with Gasteiger partial charge >= 0.3 is 0 Å². The van der Waals surface area contributed by atoms with Crippen LogP contribution in [0.4, 0.5) is 0 Å². The van der Waals surface area contributed by atoms with E-state index in [1.54, 1.807) is 29.8 Å². The first kappa shape index (κ1) is 17.3. The third-order valence-electron chi connectivity index (χ3n) is 4.27.